The minimum absolute atomic E-state index is 1.16. The van der Waals surface area contributed by atoms with Crippen molar-refractivity contribution in [3.63, 3.8) is 0 Å². The van der Waals surface area contributed by atoms with Gasteiger partial charge >= 0.3 is 0 Å². The summed E-state index contributed by atoms with van der Waals surface area (Å²) in [5, 5.41) is 13.7. The lowest BCUT2D eigenvalue weighted by atomic mass is 9.93. The van der Waals surface area contributed by atoms with E-state index in [4.69, 9.17) is 0 Å². The van der Waals surface area contributed by atoms with Gasteiger partial charge in [0.25, 0.3) is 0 Å². The number of fused-ring (bicyclic) bond motifs is 1. The molecule has 3 nitrogen and oxygen atoms in total. The minimum Gasteiger partial charge on any atom is -0.258 e. The van der Waals surface area contributed by atoms with Crippen molar-refractivity contribution in [2.24, 2.45) is 0 Å². The average molecular weight is 219 g/mol. The number of H-pyrrole nitrogens is 1. The van der Waals surface area contributed by atoms with Crippen molar-refractivity contribution in [3.8, 4) is 0 Å². The van der Waals surface area contributed by atoms with Gasteiger partial charge in [-0.2, -0.15) is 0 Å². The molecule has 0 spiro atoms. The van der Waals surface area contributed by atoms with Crippen molar-refractivity contribution in [1.82, 2.24) is 15.4 Å². The second-order valence-corrected chi connectivity index (χ2v) is 4.60. The van der Waals surface area contributed by atoms with Crippen LogP contribution in [-0.4, -0.2) is 15.4 Å². The topological polar surface area (TPSA) is 41.6 Å². The molecule has 16 heavy (non-hydrogen) atoms. The number of nitrogens with zero attached hydrogens (tertiary/aromatic N) is 2. The third kappa shape index (κ3) is 2.18. The predicted molar refractivity (Wildman–Crippen MR) is 66.1 cm³/mol. The molecule has 0 saturated heterocycles. The number of aromatic amines is 1. The van der Waals surface area contributed by atoms with Crippen molar-refractivity contribution in [2.75, 3.05) is 0 Å². The van der Waals surface area contributed by atoms with Crippen LogP contribution in [0.15, 0.2) is 0 Å². The molecule has 2 rings (SSSR count). The fraction of sp³-hybridized carbons (Fsp3) is 0.692. The lowest BCUT2D eigenvalue weighted by molar-refractivity contribution is 0.786. The smallest absolute Gasteiger partial charge is 0.112 e. The van der Waals surface area contributed by atoms with Gasteiger partial charge in [0.15, 0.2) is 0 Å². The van der Waals surface area contributed by atoms with Gasteiger partial charge in [-0.05, 0) is 43.3 Å². The van der Waals surface area contributed by atoms with Gasteiger partial charge in [-0.1, -0.05) is 31.9 Å². The normalized spacial score (nSPS) is 15.4. The number of nitrogens with one attached hydrogen (secondary N) is 1. The highest BCUT2D eigenvalue weighted by Crippen LogP contribution is 2.21. The molecule has 0 saturated carbocycles. The fourth-order valence-electron chi connectivity index (χ4n) is 2.45. The number of unbranched alkanes of at least 4 members (excludes halogenated alkanes) is 1. The summed E-state index contributed by atoms with van der Waals surface area (Å²) < 4.78 is 0. The SMILES string of the molecule is CCCCC1=c2nn[nH]c2=C(CCC)CC1. The molecular formula is C13H21N3. The van der Waals surface area contributed by atoms with E-state index < -0.39 is 0 Å². The molecule has 0 amide bonds. The molecule has 0 radical (unpaired) electrons. The van der Waals surface area contributed by atoms with Crippen LogP contribution in [0.5, 0.6) is 0 Å². The fourth-order valence-corrected chi connectivity index (χ4v) is 2.45. The largest absolute Gasteiger partial charge is 0.258 e. The molecule has 1 aliphatic rings. The summed E-state index contributed by atoms with van der Waals surface area (Å²) in [6.07, 6.45) is 8.48. The number of hydrogen-bond donors (Lipinski definition) is 1. The zero-order valence-electron chi connectivity index (χ0n) is 10.3. The Labute approximate surface area is 96.6 Å². The molecule has 1 N–H and O–H groups in total. The van der Waals surface area contributed by atoms with E-state index in [-0.39, 0.29) is 0 Å². The Morgan fingerprint density at radius 1 is 1.06 bits per heavy atom. The minimum atomic E-state index is 1.16. The van der Waals surface area contributed by atoms with Gasteiger partial charge in [-0.3, -0.25) is 5.10 Å². The predicted octanol–water partition coefficient (Wildman–Crippen LogP) is 1.89. The van der Waals surface area contributed by atoms with E-state index in [1.54, 1.807) is 0 Å². The Hall–Kier alpha value is -1.12. The third-order valence-corrected chi connectivity index (χ3v) is 3.35. The molecule has 1 aromatic heterocycles. The first-order chi connectivity index (χ1) is 7.86. The van der Waals surface area contributed by atoms with Crippen LogP contribution in [0.2, 0.25) is 0 Å². The van der Waals surface area contributed by atoms with Crippen molar-refractivity contribution in [1.29, 1.82) is 0 Å². The Morgan fingerprint density at radius 2 is 1.88 bits per heavy atom. The summed E-state index contributed by atoms with van der Waals surface area (Å²) in [5.41, 5.74) is 3.02. The summed E-state index contributed by atoms with van der Waals surface area (Å²) >= 11 is 0. The second kappa shape index (κ2) is 5.28. The molecule has 0 atom stereocenters. The van der Waals surface area contributed by atoms with Crippen LogP contribution >= 0.6 is 0 Å². The van der Waals surface area contributed by atoms with Gasteiger partial charge < -0.3 is 0 Å². The maximum absolute atomic E-state index is 4.26. The molecule has 3 heteroatoms. The molecule has 1 aliphatic carbocycles. The highest BCUT2D eigenvalue weighted by atomic mass is 15.3. The van der Waals surface area contributed by atoms with Gasteiger partial charge in [0.2, 0.25) is 0 Å². The van der Waals surface area contributed by atoms with E-state index in [0.717, 1.165) is 5.35 Å². The Bertz CT molecular complexity index is 456. The first kappa shape index (κ1) is 11.4. The summed E-state index contributed by atoms with van der Waals surface area (Å²) in [6.45, 7) is 4.47. The second-order valence-electron chi connectivity index (χ2n) is 4.60. The van der Waals surface area contributed by atoms with Crippen LogP contribution in [0, 0.1) is 0 Å². The van der Waals surface area contributed by atoms with E-state index in [0.29, 0.717) is 0 Å². The van der Waals surface area contributed by atoms with Crippen LogP contribution in [0.4, 0.5) is 0 Å². The highest BCUT2D eigenvalue weighted by molar-refractivity contribution is 5.54. The number of hydrogen-bond acceptors (Lipinski definition) is 2. The molecule has 0 aromatic carbocycles. The van der Waals surface area contributed by atoms with Crippen molar-refractivity contribution in [3.05, 3.63) is 10.7 Å². The first-order valence-electron chi connectivity index (χ1n) is 6.48. The maximum atomic E-state index is 4.26. The zero-order valence-corrected chi connectivity index (χ0v) is 10.3. The van der Waals surface area contributed by atoms with Crippen LogP contribution in [0.1, 0.15) is 58.8 Å². The molecule has 0 fully saturated rings. The van der Waals surface area contributed by atoms with Gasteiger partial charge in [0.05, 0.1) is 5.35 Å². The van der Waals surface area contributed by atoms with Gasteiger partial charge in [-0.25, -0.2) is 0 Å². The molecular weight excluding hydrogens is 198 g/mol. The van der Waals surface area contributed by atoms with Crippen molar-refractivity contribution >= 4 is 11.1 Å². The van der Waals surface area contributed by atoms with E-state index in [1.165, 1.54) is 61.4 Å². The van der Waals surface area contributed by atoms with E-state index in [9.17, 15) is 0 Å². The Morgan fingerprint density at radius 3 is 2.62 bits per heavy atom. The zero-order chi connectivity index (χ0) is 11.4. The lowest BCUT2D eigenvalue weighted by Crippen LogP contribution is -2.32. The monoisotopic (exact) mass is 219 g/mol. The average Bonchev–Trinajstić information content (AvgIpc) is 2.78. The summed E-state index contributed by atoms with van der Waals surface area (Å²) in [5.74, 6) is 0. The van der Waals surface area contributed by atoms with Gasteiger partial charge in [-0.15, -0.1) is 5.10 Å². The molecule has 0 bridgehead atoms. The summed E-state index contributed by atoms with van der Waals surface area (Å²) in [6, 6.07) is 0. The summed E-state index contributed by atoms with van der Waals surface area (Å²) in [4.78, 5) is 0. The van der Waals surface area contributed by atoms with Crippen molar-refractivity contribution in [2.45, 2.75) is 58.8 Å². The van der Waals surface area contributed by atoms with Crippen molar-refractivity contribution < 1.29 is 0 Å². The Kier molecular flexibility index (Phi) is 3.75. The summed E-state index contributed by atoms with van der Waals surface area (Å²) in [7, 11) is 0. The van der Waals surface area contributed by atoms with Crippen LogP contribution < -0.4 is 10.7 Å². The van der Waals surface area contributed by atoms with Crippen LogP contribution in [0.3, 0.4) is 0 Å². The quantitative estimate of drug-likeness (QED) is 0.821. The highest BCUT2D eigenvalue weighted by Gasteiger charge is 2.12. The van der Waals surface area contributed by atoms with Gasteiger partial charge in [0, 0.05) is 0 Å². The lowest BCUT2D eigenvalue weighted by Gasteiger charge is -2.12. The maximum Gasteiger partial charge on any atom is 0.112 e. The van der Waals surface area contributed by atoms with E-state index in [2.05, 4.69) is 29.3 Å². The standard InChI is InChI=1S/C13H21N3/c1-3-5-7-11-9-8-10(6-4-2)12-13(11)15-16-14-12/h3-9H2,1-2H3,(H,14,15). The molecule has 88 valence electrons. The molecule has 0 aliphatic heterocycles. The molecule has 1 heterocycles. The molecule has 1 aromatic rings. The molecule has 0 unspecified atom stereocenters. The number of rotatable bonds is 5. The van der Waals surface area contributed by atoms with E-state index in [1.807, 2.05) is 0 Å². The van der Waals surface area contributed by atoms with Gasteiger partial charge in [0.1, 0.15) is 5.35 Å². The number of aromatic nitrogens is 3. The Balaban J connectivity index is 2.40. The van der Waals surface area contributed by atoms with Crippen LogP contribution in [0.25, 0.3) is 11.1 Å². The van der Waals surface area contributed by atoms with Crippen LogP contribution in [-0.2, 0) is 0 Å². The third-order valence-electron chi connectivity index (χ3n) is 3.35. The first-order valence-corrected chi connectivity index (χ1v) is 6.48. The van der Waals surface area contributed by atoms with E-state index >= 15 is 0 Å².